The fourth-order valence-electron chi connectivity index (χ4n) is 2.23. The van der Waals surface area contributed by atoms with E-state index in [1.165, 1.54) is 12.8 Å². The predicted octanol–water partition coefficient (Wildman–Crippen LogP) is 4.08. The lowest BCUT2D eigenvalue weighted by Gasteiger charge is -2.27. The van der Waals surface area contributed by atoms with Crippen LogP contribution in [0.3, 0.4) is 0 Å². The molecule has 3 heteroatoms. The van der Waals surface area contributed by atoms with Crippen LogP contribution in [-0.4, -0.2) is 12.6 Å². The molecule has 0 bridgehead atoms. The maximum atomic E-state index is 9.33. The summed E-state index contributed by atoms with van der Waals surface area (Å²) in [6, 6.07) is 9.21. The summed E-state index contributed by atoms with van der Waals surface area (Å²) in [6.07, 6.45) is 2.52. The fraction of sp³-hybridized carbons (Fsp3) is 0.533. The van der Waals surface area contributed by atoms with Crippen LogP contribution in [0.2, 0.25) is 0 Å². The molecule has 0 heterocycles. The van der Waals surface area contributed by atoms with Crippen LogP contribution in [0.1, 0.15) is 37.8 Å². The minimum absolute atomic E-state index is 0.619. The summed E-state index contributed by atoms with van der Waals surface area (Å²) in [7, 11) is 0. The lowest BCUT2D eigenvalue weighted by molar-refractivity contribution is 0.607. The molecule has 2 nitrogen and oxygen atoms in total. The first-order chi connectivity index (χ1) is 8.65. The molecule has 0 spiro atoms. The molecule has 0 radical (unpaired) electrons. The van der Waals surface area contributed by atoms with E-state index in [9.17, 15) is 5.26 Å². The molecule has 0 saturated heterocycles. The lowest BCUT2D eigenvalue weighted by atomic mass is 10.1. The number of nitrogens with zero attached hydrogens (tertiary/aromatic N) is 2. The molecule has 0 aromatic heterocycles. The molecule has 1 aromatic rings. The van der Waals surface area contributed by atoms with Crippen molar-refractivity contribution in [2.45, 2.75) is 38.1 Å². The molecule has 1 aliphatic rings. The summed E-state index contributed by atoms with van der Waals surface area (Å²) in [6.45, 7) is 5.50. The average molecular weight is 307 g/mol. The van der Waals surface area contributed by atoms with Crippen LogP contribution in [0.4, 0.5) is 5.69 Å². The monoisotopic (exact) mass is 306 g/mol. The van der Waals surface area contributed by atoms with Gasteiger partial charge in [-0.05, 0) is 36.5 Å². The van der Waals surface area contributed by atoms with Crippen molar-refractivity contribution in [2.24, 2.45) is 5.92 Å². The van der Waals surface area contributed by atoms with E-state index in [1.807, 2.05) is 6.07 Å². The molecule has 0 N–H and O–H groups in total. The number of halogens is 1. The molecule has 1 aromatic carbocycles. The first kappa shape index (κ1) is 13.4. The Kier molecular flexibility index (Phi) is 4.29. The van der Waals surface area contributed by atoms with Gasteiger partial charge in [-0.25, -0.2) is 0 Å². The van der Waals surface area contributed by atoms with Gasteiger partial charge in [0.05, 0.1) is 11.3 Å². The van der Waals surface area contributed by atoms with E-state index in [1.54, 1.807) is 0 Å². The Hall–Kier alpha value is -1.01. The molecule has 0 atom stereocenters. The van der Waals surface area contributed by atoms with Gasteiger partial charge >= 0.3 is 0 Å². The fourth-order valence-corrected chi connectivity index (χ4v) is 2.58. The van der Waals surface area contributed by atoms with Crippen molar-refractivity contribution in [3.05, 3.63) is 29.3 Å². The summed E-state index contributed by atoms with van der Waals surface area (Å²) < 4.78 is 0. The smallest absolute Gasteiger partial charge is 0.101 e. The van der Waals surface area contributed by atoms with Gasteiger partial charge in [0.1, 0.15) is 6.07 Å². The van der Waals surface area contributed by atoms with Gasteiger partial charge in [0.2, 0.25) is 0 Å². The maximum Gasteiger partial charge on any atom is 0.101 e. The van der Waals surface area contributed by atoms with E-state index in [0.29, 0.717) is 12.0 Å². The second-order valence-electron chi connectivity index (χ2n) is 5.37. The highest BCUT2D eigenvalue weighted by Crippen LogP contribution is 2.34. The van der Waals surface area contributed by atoms with Crippen LogP contribution in [0.25, 0.3) is 0 Å². The summed E-state index contributed by atoms with van der Waals surface area (Å²) in [5.74, 6) is 0.619. The van der Waals surface area contributed by atoms with E-state index >= 15 is 0 Å². The van der Waals surface area contributed by atoms with Gasteiger partial charge < -0.3 is 4.90 Å². The average Bonchev–Trinajstić information content (AvgIpc) is 3.19. The molecular formula is C15H19BrN2. The Morgan fingerprint density at radius 2 is 2.17 bits per heavy atom. The molecular weight excluding hydrogens is 288 g/mol. The van der Waals surface area contributed by atoms with Gasteiger partial charge in [0, 0.05) is 17.9 Å². The third-order valence-electron chi connectivity index (χ3n) is 3.19. The van der Waals surface area contributed by atoms with E-state index in [2.05, 4.69) is 52.9 Å². The largest absolute Gasteiger partial charge is 0.367 e. The van der Waals surface area contributed by atoms with Gasteiger partial charge in [-0.1, -0.05) is 35.8 Å². The predicted molar refractivity (Wildman–Crippen MR) is 79.0 cm³/mol. The molecule has 1 fully saturated rings. The Balaban J connectivity index is 2.32. The van der Waals surface area contributed by atoms with Crippen LogP contribution < -0.4 is 4.90 Å². The lowest BCUT2D eigenvalue weighted by Crippen LogP contribution is -2.30. The van der Waals surface area contributed by atoms with Gasteiger partial charge in [0.15, 0.2) is 0 Å². The van der Waals surface area contributed by atoms with E-state index in [0.717, 1.165) is 28.7 Å². The second kappa shape index (κ2) is 5.75. The van der Waals surface area contributed by atoms with Gasteiger partial charge in [-0.3, -0.25) is 0 Å². The summed E-state index contributed by atoms with van der Waals surface area (Å²) in [4.78, 5) is 2.42. The number of hydrogen-bond donors (Lipinski definition) is 0. The Morgan fingerprint density at radius 1 is 1.44 bits per heavy atom. The minimum Gasteiger partial charge on any atom is -0.367 e. The number of alkyl halides is 1. The molecule has 96 valence electrons. The van der Waals surface area contributed by atoms with Crippen molar-refractivity contribution in [2.75, 3.05) is 11.4 Å². The zero-order valence-corrected chi connectivity index (χ0v) is 12.6. The topological polar surface area (TPSA) is 27.0 Å². The summed E-state index contributed by atoms with van der Waals surface area (Å²) in [5, 5.41) is 10.1. The van der Waals surface area contributed by atoms with Crippen molar-refractivity contribution in [1.29, 1.82) is 5.26 Å². The Bertz CT molecular complexity index is 458. The second-order valence-corrected chi connectivity index (χ2v) is 5.94. The normalized spacial score (nSPS) is 14.6. The number of rotatable bonds is 5. The van der Waals surface area contributed by atoms with Crippen LogP contribution in [0, 0.1) is 17.2 Å². The van der Waals surface area contributed by atoms with Gasteiger partial charge in [-0.15, -0.1) is 0 Å². The quantitative estimate of drug-likeness (QED) is 0.767. The maximum absolute atomic E-state index is 9.33. The van der Waals surface area contributed by atoms with Gasteiger partial charge in [-0.2, -0.15) is 5.26 Å². The van der Waals surface area contributed by atoms with Crippen LogP contribution >= 0.6 is 15.9 Å². The Labute approximate surface area is 118 Å². The molecule has 2 rings (SSSR count). The Morgan fingerprint density at radius 3 is 2.67 bits per heavy atom. The van der Waals surface area contributed by atoms with Crippen molar-refractivity contribution >= 4 is 21.6 Å². The number of nitriles is 1. The zero-order chi connectivity index (χ0) is 13.1. The van der Waals surface area contributed by atoms with Crippen molar-refractivity contribution in [3.8, 4) is 6.07 Å². The number of benzene rings is 1. The highest BCUT2D eigenvalue weighted by Gasteiger charge is 2.30. The molecule has 1 saturated carbocycles. The molecule has 1 aliphatic carbocycles. The van der Waals surface area contributed by atoms with Crippen molar-refractivity contribution in [1.82, 2.24) is 0 Å². The van der Waals surface area contributed by atoms with Crippen LogP contribution in [0.15, 0.2) is 18.2 Å². The van der Waals surface area contributed by atoms with Crippen molar-refractivity contribution in [3.63, 3.8) is 0 Å². The highest BCUT2D eigenvalue weighted by molar-refractivity contribution is 9.08. The molecule has 0 aliphatic heterocycles. The highest BCUT2D eigenvalue weighted by atomic mass is 79.9. The van der Waals surface area contributed by atoms with E-state index < -0.39 is 0 Å². The van der Waals surface area contributed by atoms with Crippen LogP contribution in [0.5, 0.6) is 0 Å². The molecule has 0 amide bonds. The van der Waals surface area contributed by atoms with Crippen molar-refractivity contribution < 1.29 is 0 Å². The minimum atomic E-state index is 0.619. The third kappa shape index (κ3) is 3.05. The van der Waals surface area contributed by atoms with Gasteiger partial charge in [0.25, 0.3) is 0 Å². The number of hydrogen-bond acceptors (Lipinski definition) is 2. The SMILES string of the molecule is CC(C)CN(c1ccc(CBr)cc1C#N)C1CC1. The van der Waals surface area contributed by atoms with Crippen LogP contribution in [-0.2, 0) is 5.33 Å². The summed E-state index contributed by atoms with van der Waals surface area (Å²) in [5.41, 5.74) is 3.08. The number of anilines is 1. The third-order valence-corrected chi connectivity index (χ3v) is 3.84. The van der Waals surface area contributed by atoms with E-state index in [4.69, 9.17) is 0 Å². The molecule has 18 heavy (non-hydrogen) atoms. The summed E-state index contributed by atoms with van der Waals surface area (Å²) >= 11 is 3.44. The first-order valence-corrected chi connectivity index (χ1v) is 7.63. The zero-order valence-electron chi connectivity index (χ0n) is 11.0. The molecule has 0 unspecified atom stereocenters. The van der Waals surface area contributed by atoms with E-state index in [-0.39, 0.29) is 0 Å². The first-order valence-electron chi connectivity index (χ1n) is 6.51. The standard InChI is InChI=1S/C15H19BrN2/c1-11(2)10-18(14-4-5-14)15-6-3-12(8-16)7-13(15)9-17/h3,6-7,11,14H,4-5,8,10H2,1-2H3.